The van der Waals surface area contributed by atoms with Crippen molar-refractivity contribution in [2.24, 2.45) is 0 Å². The number of esters is 1. The summed E-state index contributed by atoms with van der Waals surface area (Å²) in [7, 11) is 3.39. The Balaban J connectivity index is 1.98. The molecule has 0 N–H and O–H groups in total. The SMILES string of the molecule is COC(=O)Cc1csc(N(C)Cc2cccs2)n1. The van der Waals surface area contributed by atoms with Crippen LogP contribution in [0.4, 0.5) is 5.13 Å². The van der Waals surface area contributed by atoms with E-state index in [1.54, 1.807) is 22.7 Å². The molecule has 0 aliphatic carbocycles. The summed E-state index contributed by atoms with van der Waals surface area (Å²) >= 11 is 3.27. The minimum atomic E-state index is -0.257. The van der Waals surface area contributed by atoms with Gasteiger partial charge in [0.25, 0.3) is 0 Å². The van der Waals surface area contributed by atoms with Gasteiger partial charge in [0.2, 0.25) is 0 Å². The van der Waals surface area contributed by atoms with Crippen LogP contribution in [0.5, 0.6) is 0 Å². The smallest absolute Gasteiger partial charge is 0.311 e. The Morgan fingerprint density at radius 1 is 1.50 bits per heavy atom. The standard InChI is InChI=1S/C12H14N2O2S2/c1-14(7-10-4-3-5-17-10)12-13-9(8-18-12)6-11(15)16-2/h3-5,8H,6-7H2,1-2H3. The van der Waals surface area contributed by atoms with Crippen molar-refractivity contribution in [3.8, 4) is 0 Å². The molecular formula is C12H14N2O2S2. The van der Waals surface area contributed by atoms with Gasteiger partial charge >= 0.3 is 5.97 Å². The van der Waals surface area contributed by atoms with E-state index in [0.29, 0.717) is 0 Å². The zero-order chi connectivity index (χ0) is 13.0. The van der Waals surface area contributed by atoms with Gasteiger partial charge in [-0.1, -0.05) is 6.07 Å². The molecule has 2 aromatic rings. The first-order valence-electron chi connectivity index (χ1n) is 5.44. The van der Waals surface area contributed by atoms with Crippen molar-refractivity contribution in [2.45, 2.75) is 13.0 Å². The molecule has 6 heteroatoms. The molecule has 0 atom stereocenters. The monoisotopic (exact) mass is 282 g/mol. The van der Waals surface area contributed by atoms with Crippen LogP contribution in [0.15, 0.2) is 22.9 Å². The summed E-state index contributed by atoms with van der Waals surface area (Å²) in [6, 6.07) is 4.14. The third-order valence-electron chi connectivity index (χ3n) is 2.39. The van der Waals surface area contributed by atoms with Crippen LogP contribution in [0.1, 0.15) is 10.6 Å². The Morgan fingerprint density at radius 2 is 2.33 bits per heavy atom. The van der Waals surface area contributed by atoms with E-state index in [2.05, 4.69) is 26.1 Å². The highest BCUT2D eigenvalue weighted by Gasteiger charge is 2.11. The molecular weight excluding hydrogens is 268 g/mol. The second kappa shape index (κ2) is 5.97. The van der Waals surface area contributed by atoms with E-state index < -0.39 is 0 Å². The Kier molecular flexibility index (Phi) is 4.33. The lowest BCUT2D eigenvalue weighted by molar-refractivity contribution is -0.139. The Bertz CT molecular complexity index is 508. The van der Waals surface area contributed by atoms with Gasteiger partial charge in [0.1, 0.15) is 0 Å². The van der Waals surface area contributed by atoms with Gasteiger partial charge < -0.3 is 9.64 Å². The lowest BCUT2D eigenvalue weighted by Gasteiger charge is -2.13. The topological polar surface area (TPSA) is 42.4 Å². The molecule has 96 valence electrons. The number of nitrogens with zero attached hydrogens (tertiary/aromatic N) is 2. The number of rotatable bonds is 5. The molecule has 0 radical (unpaired) electrons. The van der Waals surface area contributed by atoms with E-state index >= 15 is 0 Å². The number of hydrogen-bond donors (Lipinski definition) is 0. The van der Waals surface area contributed by atoms with E-state index in [0.717, 1.165) is 17.4 Å². The van der Waals surface area contributed by atoms with Crippen LogP contribution in [0.2, 0.25) is 0 Å². The summed E-state index contributed by atoms with van der Waals surface area (Å²) < 4.78 is 4.62. The summed E-state index contributed by atoms with van der Waals surface area (Å²) in [5.41, 5.74) is 0.764. The third kappa shape index (κ3) is 3.30. The normalized spacial score (nSPS) is 10.3. The number of methoxy groups -OCH3 is 1. The molecule has 0 unspecified atom stereocenters. The number of thiophene rings is 1. The fourth-order valence-electron chi connectivity index (χ4n) is 1.48. The van der Waals surface area contributed by atoms with Crippen molar-refractivity contribution in [1.29, 1.82) is 0 Å². The Labute approximate surface area is 114 Å². The number of aromatic nitrogens is 1. The number of anilines is 1. The highest BCUT2D eigenvalue weighted by Crippen LogP contribution is 2.22. The van der Waals surface area contributed by atoms with E-state index in [-0.39, 0.29) is 12.4 Å². The van der Waals surface area contributed by atoms with Crippen LogP contribution in [-0.4, -0.2) is 25.1 Å². The van der Waals surface area contributed by atoms with Crippen LogP contribution < -0.4 is 4.90 Å². The maximum Gasteiger partial charge on any atom is 0.311 e. The second-order valence-electron chi connectivity index (χ2n) is 3.81. The molecule has 0 aliphatic heterocycles. The Morgan fingerprint density at radius 3 is 3.00 bits per heavy atom. The second-order valence-corrected chi connectivity index (χ2v) is 5.68. The van der Waals surface area contributed by atoms with Crippen molar-refractivity contribution in [2.75, 3.05) is 19.1 Å². The molecule has 0 aromatic carbocycles. The van der Waals surface area contributed by atoms with Crippen molar-refractivity contribution in [3.05, 3.63) is 33.5 Å². The average Bonchev–Trinajstić information content (AvgIpc) is 3.00. The summed E-state index contributed by atoms with van der Waals surface area (Å²) in [6.07, 6.45) is 0.236. The van der Waals surface area contributed by atoms with Crippen molar-refractivity contribution >= 4 is 33.8 Å². The molecule has 0 bridgehead atoms. The predicted octanol–water partition coefficient (Wildman–Crippen LogP) is 2.56. The van der Waals surface area contributed by atoms with Gasteiger partial charge in [-0.3, -0.25) is 4.79 Å². The number of thiazole rings is 1. The number of ether oxygens (including phenoxy) is 1. The minimum Gasteiger partial charge on any atom is -0.469 e. The molecule has 4 nitrogen and oxygen atoms in total. The van der Waals surface area contributed by atoms with Gasteiger partial charge in [-0.2, -0.15) is 0 Å². The predicted molar refractivity (Wildman–Crippen MR) is 74.3 cm³/mol. The fraction of sp³-hybridized carbons (Fsp3) is 0.333. The van der Waals surface area contributed by atoms with Gasteiger partial charge in [0, 0.05) is 17.3 Å². The molecule has 0 fully saturated rings. The maximum absolute atomic E-state index is 11.1. The van der Waals surface area contributed by atoms with E-state index in [1.165, 1.54) is 12.0 Å². The molecule has 2 heterocycles. The van der Waals surface area contributed by atoms with Gasteiger partial charge in [-0.15, -0.1) is 22.7 Å². The van der Waals surface area contributed by atoms with Crippen LogP contribution in [-0.2, 0) is 22.5 Å². The van der Waals surface area contributed by atoms with Crippen molar-refractivity contribution in [1.82, 2.24) is 4.98 Å². The summed E-state index contributed by atoms with van der Waals surface area (Å²) in [5, 5.41) is 4.88. The van der Waals surface area contributed by atoms with E-state index in [4.69, 9.17) is 0 Å². The van der Waals surface area contributed by atoms with Gasteiger partial charge in [-0.05, 0) is 11.4 Å². The summed E-state index contributed by atoms with van der Waals surface area (Å²) in [4.78, 5) is 18.9. The number of hydrogen-bond acceptors (Lipinski definition) is 6. The highest BCUT2D eigenvalue weighted by atomic mass is 32.1. The summed E-state index contributed by atoms with van der Waals surface area (Å²) in [5.74, 6) is -0.257. The fourth-order valence-corrected chi connectivity index (χ4v) is 3.03. The molecule has 18 heavy (non-hydrogen) atoms. The van der Waals surface area contributed by atoms with Gasteiger partial charge in [0.15, 0.2) is 5.13 Å². The maximum atomic E-state index is 11.1. The average molecular weight is 282 g/mol. The minimum absolute atomic E-state index is 0.236. The quantitative estimate of drug-likeness (QED) is 0.790. The first-order chi connectivity index (χ1) is 8.69. The zero-order valence-electron chi connectivity index (χ0n) is 10.3. The molecule has 2 aromatic heterocycles. The zero-order valence-corrected chi connectivity index (χ0v) is 11.9. The van der Waals surface area contributed by atoms with Crippen molar-refractivity contribution < 1.29 is 9.53 Å². The van der Waals surface area contributed by atoms with Gasteiger partial charge in [-0.25, -0.2) is 4.98 Å². The van der Waals surface area contributed by atoms with E-state index in [9.17, 15) is 4.79 Å². The summed E-state index contributed by atoms with van der Waals surface area (Å²) in [6.45, 7) is 0.836. The van der Waals surface area contributed by atoms with Gasteiger partial charge in [0.05, 0.1) is 25.8 Å². The largest absolute Gasteiger partial charge is 0.469 e. The number of carbonyl (C=O) groups is 1. The number of carbonyl (C=O) groups excluding carboxylic acids is 1. The first-order valence-corrected chi connectivity index (χ1v) is 7.19. The first kappa shape index (κ1) is 13.0. The lowest BCUT2D eigenvalue weighted by Crippen LogP contribution is -2.15. The van der Waals surface area contributed by atoms with E-state index in [1.807, 2.05) is 18.5 Å². The highest BCUT2D eigenvalue weighted by molar-refractivity contribution is 7.13. The lowest BCUT2D eigenvalue weighted by atomic mass is 10.3. The molecule has 0 spiro atoms. The molecule has 0 saturated carbocycles. The van der Waals surface area contributed by atoms with Crippen LogP contribution in [0.3, 0.4) is 0 Å². The van der Waals surface area contributed by atoms with Crippen LogP contribution >= 0.6 is 22.7 Å². The van der Waals surface area contributed by atoms with Crippen LogP contribution in [0.25, 0.3) is 0 Å². The molecule has 2 rings (SSSR count). The molecule has 0 aliphatic rings. The third-order valence-corrected chi connectivity index (χ3v) is 4.26. The van der Waals surface area contributed by atoms with Crippen LogP contribution in [0, 0.1) is 0 Å². The Hall–Kier alpha value is -1.40. The molecule has 0 saturated heterocycles. The molecule has 0 amide bonds. The van der Waals surface area contributed by atoms with Crippen molar-refractivity contribution in [3.63, 3.8) is 0 Å².